The molecule has 0 N–H and O–H groups in total. The van der Waals surface area contributed by atoms with Crippen LogP contribution in [0.2, 0.25) is 0 Å². The molecule has 0 radical (unpaired) electrons. The van der Waals surface area contributed by atoms with E-state index in [0.29, 0.717) is 0 Å². The highest BCUT2D eigenvalue weighted by molar-refractivity contribution is 8.14. The number of unbranched alkanes of at least 4 members (excludes halogenated alkanes) is 3. The van der Waals surface area contributed by atoms with E-state index in [-0.39, 0.29) is 5.12 Å². The fourth-order valence-electron chi connectivity index (χ4n) is 1.96. The highest BCUT2D eigenvalue weighted by Crippen LogP contribution is 2.23. The standard InChI is InChI=1S/C18H18OS/c1-2-3-4-5-6-11-18(19)20-17-13-12-15-9-7-8-10-16(15)14-17/h7-10,12-14H,2-5H2,1H3. The van der Waals surface area contributed by atoms with Crippen molar-refractivity contribution < 1.29 is 4.79 Å². The molecule has 1 nitrogen and oxygen atoms in total. The van der Waals surface area contributed by atoms with Crippen molar-refractivity contribution in [3.8, 4) is 11.8 Å². The number of hydrogen-bond acceptors (Lipinski definition) is 2. The van der Waals surface area contributed by atoms with Crippen molar-refractivity contribution >= 4 is 27.6 Å². The molecule has 0 heterocycles. The fraction of sp³-hybridized carbons (Fsp3) is 0.278. The van der Waals surface area contributed by atoms with E-state index in [1.807, 2.05) is 30.3 Å². The lowest BCUT2D eigenvalue weighted by Gasteiger charge is -2.00. The zero-order valence-corrected chi connectivity index (χ0v) is 12.5. The van der Waals surface area contributed by atoms with Gasteiger partial charge in [-0.3, -0.25) is 4.79 Å². The molecule has 0 atom stereocenters. The monoisotopic (exact) mass is 282 g/mol. The van der Waals surface area contributed by atoms with Gasteiger partial charge in [-0.05, 0) is 47.0 Å². The van der Waals surface area contributed by atoms with Crippen LogP contribution in [-0.2, 0) is 4.79 Å². The van der Waals surface area contributed by atoms with Crippen LogP contribution in [0, 0.1) is 11.8 Å². The minimum atomic E-state index is -0.0724. The first kappa shape index (κ1) is 14.7. The van der Waals surface area contributed by atoms with Gasteiger partial charge in [0.15, 0.2) is 0 Å². The number of carbonyl (C=O) groups is 1. The van der Waals surface area contributed by atoms with Gasteiger partial charge < -0.3 is 0 Å². The van der Waals surface area contributed by atoms with Gasteiger partial charge in [0, 0.05) is 11.3 Å². The Morgan fingerprint density at radius 2 is 1.90 bits per heavy atom. The minimum absolute atomic E-state index is 0.0724. The molecule has 2 rings (SSSR count). The van der Waals surface area contributed by atoms with Crippen LogP contribution in [0.4, 0.5) is 0 Å². The number of fused-ring (bicyclic) bond motifs is 1. The van der Waals surface area contributed by atoms with Crippen LogP contribution in [0.25, 0.3) is 10.8 Å². The van der Waals surface area contributed by atoms with Gasteiger partial charge in [-0.25, -0.2) is 0 Å². The van der Waals surface area contributed by atoms with Crippen molar-refractivity contribution in [1.82, 2.24) is 0 Å². The van der Waals surface area contributed by atoms with Gasteiger partial charge in [-0.15, -0.1) is 0 Å². The number of hydrogen-bond donors (Lipinski definition) is 0. The van der Waals surface area contributed by atoms with E-state index in [4.69, 9.17) is 0 Å². The zero-order chi connectivity index (χ0) is 14.2. The Kier molecular flexibility index (Phi) is 5.70. The first-order valence-electron chi connectivity index (χ1n) is 6.99. The SMILES string of the molecule is CCCCCC#CC(=O)Sc1ccc2ccccc2c1. The minimum Gasteiger partial charge on any atom is -0.272 e. The summed E-state index contributed by atoms with van der Waals surface area (Å²) in [5, 5.41) is 2.27. The summed E-state index contributed by atoms with van der Waals surface area (Å²) < 4.78 is 0. The van der Waals surface area contributed by atoms with Gasteiger partial charge in [-0.1, -0.05) is 56.0 Å². The smallest absolute Gasteiger partial charge is 0.267 e. The maximum Gasteiger partial charge on any atom is 0.267 e. The van der Waals surface area contributed by atoms with Gasteiger partial charge in [0.25, 0.3) is 5.12 Å². The second kappa shape index (κ2) is 7.77. The highest BCUT2D eigenvalue weighted by atomic mass is 32.2. The first-order chi connectivity index (χ1) is 9.79. The van der Waals surface area contributed by atoms with E-state index in [0.717, 1.165) is 23.1 Å². The summed E-state index contributed by atoms with van der Waals surface area (Å²) in [7, 11) is 0. The summed E-state index contributed by atoms with van der Waals surface area (Å²) in [4.78, 5) is 12.7. The average molecular weight is 282 g/mol. The summed E-state index contributed by atoms with van der Waals surface area (Å²) >= 11 is 1.21. The van der Waals surface area contributed by atoms with Crippen molar-refractivity contribution in [1.29, 1.82) is 0 Å². The fourth-order valence-corrected chi connectivity index (χ4v) is 2.62. The Labute approximate surface area is 124 Å². The Balaban J connectivity index is 1.95. The highest BCUT2D eigenvalue weighted by Gasteiger charge is 2.02. The van der Waals surface area contributed by atoms with Crippen molar-refractivity contribution in [2.45, 2.75) is 37.5 Å². The quantitative estimate of drug-likeness (QED) is 0.444. The largest absolute Gasteiger partial charge is 0.272 e. The van der Waals surface area contributed by atoms with Gasteiger partial charge in [-0.2, -0.15) is 0 Å². The normalized spacial score (nSPS) is 10.1. The molecule has 0 aliphatic rings. The van der Waals surface area contributed by atoms with Crippen LogP contribution >= 0.6 is 11.8 Å². The molecule has 0 aromatic heterocycles. The molecule has 2 heteroatoms. The van der Waals surface area contributed by atoms with Gasteiger partial charge >= 0.3 is 0 Å². The van der Waals surface area contributed by atoms with E-state index >= 15 is 0 Å². The van der Waals surface area contributed by atoms with Crippen molar-refractivity contribution in [2.24, 2.45) is 0 Å². The molecule has 0 aliphatic carbocycles. The molecule has 0 saturated heterocycles. The molecule has 0 fully saturated rings. The van der Waals surface area contributed by atoms with Gasteiger partial charge in [0.2, 0.25) is 0 Å². The van der Waals surface area contributed by atoms with Gasteiger partial charge in [0.1, 0.15) is 0 Å². The van der Waals surface area contributed by atoms with Crippen LogP contribution in [0.5, 0.6) is 0 Å². The number of carbonyl (C=O) groups excluding carboxylic acids is 1. The second-order valence-electron chi connectivity index (χ2n) is 4.66. The molecule has 2 aromatic carbocycles. The maximum atomic E-state index is 11.8. The third-order valence-electron chi connectivity index (χ3n) is 3.03. The van der Waals surface area contributed by atoms with E-state index in [1.165, 1.54) is 30.0 Å². The van der Waals surface area contributed by atoms with Crippen LogP contribution in [0.15, 0.2) is 47.4 Å². The third-order valence-corrected chi connectivity index (χ3v) is 3.80. The third kappa shape index (κ3) is 4.43. The van der Waals surface area contributed by atoms with E-state index in [9.17, 15) is 4.79 Å². The lowest BCUT2D eigenvalue weighted by Crippen LogP contribution is -1.86. The van der Waals surface area contributed by atoms with Crippen LogP contribution in [0.3, 0.4) is 0 Å². The molecule has 102 valence electrons. The topological polar surface area (TPSA) is 17.1 Å². The lowest BCUT2D eigenvalue weighted by atomic mass is 10.1. The van der Waals surface area contributed by atoms with Crippen LogP contribution in [-0.4, -0.2) is 5.12 Å². The Morgan fingerprint density at radius 3 is 2.70 bits per heavy atom. The molecule has 0 unspecified atom stereocenters. The number of thioether (sulfide) groups is 1. The predicted molar refractivity (Wildman–Crippen MR) is 86.7 cm³/mol. The molecule has 2 aromatic rings. The van der Waals surface area contributed by atoms with Crippen molar-refractivity contribution in [2.75, 3.05) is 0 Å². The maximum absolute atomic E-state index is 11.8. The predicted octanol–water partition coefficient (Wildman–Crippen LogP) is 5.04. The molecule has 0 aliphatic heterocycles. The Hall–Kier alpha value is -1.72. The van der Waals surface area contributed by atoms with Crippen molar-refractivity contribution in [3.05, 3.63) is 42.5 Å². The molecular weight excluding hydrogens is 264 g/mol. The molecular formula is C18H18OS. The summed E-state index contributed by atoms with van der Waals surface area (Å²) in [6.45, 7) is 2.16. The summed E-state index contributed by atoms with van der Waals surface area (Å²) in [5.74, 6) is 5.67. The summed E-state index contributed by atoms with van der Waals surface area (Å²) in [5.41, 5.74) is 0. The summed E-state index contributed by atoms with van der Waals surface area (Å²) in [6.07, 6.45) is 4.26. The first-order valence-corrected chi connectivity index (χ1v) is 7.80. The molecule has 0 bridgehead atoms. The zero-order valence-electron chi connectivity index (χ0n) is 11.7. The van der Waals surface area contributed by atoms with Crippen LogP contribution in [0.1, 0.15) is 32.6 Å². The second-order valence-corrected chi connectivity index (χ2v) is 5.70. The van der Waals surface area contributed by atoms with Gasteiger partial charge in [0.05, 0.1) is 0 Å². The van der Waals surface area contributed by atoms with E-state index in [1.54, 1.807) is 0 Å². The van der Waals surface area contributed by atoms with E-state index < -0.39 is 0 Å². The van der Waals surface area contributed by atoms with E-state index in [2.05, 4.69) is 30.9 Å². The Bertz CT molecular complexity index is 649. The molecule has 0 spiro atoms. The number of rotatable bonds is 4. The Morgan fingerprint density at radius 1 is 1.10 bits per heavy atom. The van der Waals surface area contributed by atoms with Crippen LogP contribution < -0.4 is 0 Å². The lowest BCUT2D eigenvalue weighted by molar-refractivity contribution is -0.106. The number of benzene rings is 2. The molecule has 0 amide bonds. The average Bonchev–Trinajstić information content (AvgIpc) is 2.47. The van der Waals surface area contributed by atoms with Crippen molar-refractivity contribution in [3.63, 3.8) is 0 Å². The summed E-state index contributed by atoms with van der Waals surface area (Å²) in [6, 6.07) is 14.2. The molecule has 20 heavy (non-hydrogen) atoms. The molecule has 0 saturated carbocycles.